The Kier molecular flexibility index (Phi) is 4.57. The third kappa shape index (κ3) is 3.26. The molecule has 20 heavy (non-hydrogen) atoms. The van der Waals surface area contributed by atoms with Crippen LogP contribution in [0.5, 0.6) is 0 Å². The fraction of sp³-hybridized carbons (Fsp3) is 0.143. The summed E-state index contributed by atoms with van der Waals surface area (Å²) in [6.45, 7) is 0. The maximum absolute atomic E-state index is 11.4. The first-order valence-electron chi connectivity index (χ1n) is 5.80. The number of rotatable bonds is 5. The number of hydrogen-bond acceptors (Lipinski definition) is 4. The van der Waals surface area contributed by atoms with Crippen molar-refractivity contribution in [3.63, 3.8) is 0 Å². The Morgan fingerprint density at radius 1 is 1.10 bits per heavy atom. The topological polar surface area (TPSA) is 74.6 Å². The molecule has 1 aromatic carbocycles. The van der Waals surface area contributed by atoms with E-state index in [0.717, 1.165) is 4.90 Å². The number of aromatic carboxylic acids is 1. The van der Waals surface area contributed by atoms with Crippen molar-refractivity contribution in [3.8, 4) is 0 Å². The first kappa shape index (κ1) is 14.7. The zero-order chi connectivity index (χ0) is 14.6. The molecule has 0 spiro atoms. The second-order valence-corrected chi connectivity index (χ2v) is 6.72. The molecule has 0 saturated heterocycles. The summed E-state index contributed by atoms with van der Waals surface area (Å²) in [5.41, 5.74) is 0.216. The lowest BCUT2D eigenvalue weighted by Gasteiger charge is -2.24. The van der Waals surface area contributed by atoms with E-state index in [4.69, 9.17) is 5.11 Å². The zero-order valence-electron chi connectivity index (χ0n) is 10.4. The number of allylic oxidation sites excluding steroid dienone is 3. The Labute approximate surface area is 124 Å². The van der Waals surface area contributed by atoms with Crippen LogP contribution in [0.3, 0.4) is 0 Å². The van der Waals surface area contributed by atoms with Gasteiger partial charge in [0.1, 0.15) is 4.75 Å². The Bertz CT molecular complexity index is 577. The van der Waals surface area contributed by atoms with Crippen LogP contribution in [0, 0.1) is 0 Å². The number of aliphatic carboxylic acids is 1. The molecule has 1 atom stereocenters. The van der Waals surface area contributed by atoms with E-state index in [1.54, 1.807) is 24.3 Å². The lowest BCUT2D eigenvalue weighted by molar-refractivity contribution is -0.138. The van der Waals surface area contributed by atoms with Gasteiger partial charge in [0.15, 0.2) is 0 Å². The van der Waals surface area contributed by atoms with Crippen molar-refractivity contribution < 1.29 is 19.8 Å². The lowest BCUT2D eigenvalue weighted by Crippen LogP contribution is -2.32. The van der Waals surface area contributed by atoms with E-state index >= 15 is 0 Å². The van der Waals surface area contributed by atoms with E-state index in [2.05, 4.69) is 0 Å². The normalized spacial score (nSPS) is 20.8. The highest BCUT2D eigenvalue weighted by Crippen LogP contribution is 2.45. The fourth-order valence-corrected chi connectivity index (χ4v) is 4.15. The molecule has 0 radical (unpaired) electrons. The van der Waals surface area contributed by atoms with Crippen LogP contribution in [0.2, 0.25) is 0 Å². The summed E-state index contributed by atoms with van der Waals surface area (Å²) < 4.78 is -0.967. The lowest BCUT2D eigenvalue weighted by atomic mass is 10.0. The summed E-state index contributed by atoms with van der Waals surface area (Å²) in [4.78, 5) is 23.0. The molecule has 1 aliphatic rings. The van der Waals surface area contributed by atoms with Gasteiger partial charge in [0.05, 0.1) is 5.56 Å². The van der Waals surface area contributed by atoms with Gasteiger partial charge in [0.2, 0.25) is 0 Å². The van der Waals surface area contributed by atoms with Crippen molar-refractivity contribution in [1.29, 1.82) is 0 Å². The highest BCUT2D eigenvalue weighted by molar-refractivity contribution is 8.77. The van der Waals surface area contributed by atoms with Crippen LogP contribution >= 0.6 is 21.6 Å². The monoisotopic (exact) mass is 308 g/mol. The zero-order valence-corrected chi connectivity index (χ0v) is 12.0. The van der Waals surface area contributed by atoms with Crippen molar-refractivity contribution in [2.45, 2.75) is 16.1 Å². The third-order valence-electron chi connectivity index (χ3n) is 2.78. The Morgan fingerprint density at radius 3 is 2.30 bits per heavy atom. The number of carboxylic acids is 2. The van der Waals surface area contributed by atoms with E-state index in [9.17, 15) is 14.7 Å². The number of benzene rings is 1. The average Bonchev–Trinajstić information content (AvgIpc) is 2.46. The molecule has 0 aromatic heterocycles. The molecule has 4 nitrogen and oxygen atoms in total. The molecule has 2 N–H and O–H groups in total. The van der Waals surface area contributed by atoms with Crippen LogP contribution in [-0.4, -0.2) is 26.9 Å². The van der Waals surface area contributed by atoms with Crippen molar-refractivity contribution in [3.05, 3.63) is 54.1 Å². The summed E-state index contributed by atoms with van der Waals surface area (Å²) in [6.07, 6.45) is 7.50. The van der Waals surface area contributed by atoms with E-state index in [-0.39, 0.29) is 5.56 Å². The molecule has 104 valence electrons. The molecular formula is C14H12O4S2. The summed E-state index contributed by atoms with van der Waals surface area (Å²) in [6, 6.07) is 6.38. The van der Waals surface area contributed by atoms with Gasteiger partial charge < -0.3 is 10.2 Å². The molecule has 0 fully saturated rings. The second kappa shape index (κ2) is 6.19. The number of carboxylic acid groups (broad SMARTS) is 2. The molecule has 1 unspecified atom stereocenters. The van der Waals surface area contributed by atoms with Gasteiger partial charge in [0, 0.05) is 4.90 Å². The first-order valence-corrected chi connectivity index (χ1v) is 7.95. The minimum absolute atomic E-state index is 0.216. The van der Waals surface area contributed by atoms with Gasteiger partial charge in [-0.2, -0.15) is 0 Å². The van der Waals surface area contributed by atoms with E-state index < -0.39 is 16.7 Å². The van der Waals surface area contributed by atoms with Crippen LogP contribution in [0.1, 0.15) is 16.8 Å². The summed E-state index contributed by atoms with van der Waals surface area (Å²) >= 11 is 0. The van der Waals surface area contributed by atoms with Gasteiger partial charge in [-0.3, -0.25) is 4.79 Å². The van der Waals surface area contributed by atoms with E-state index in [1.807, 2.05) is 12.2 Å². The standard InChI is InChI=1S/C14H12O4S2/c15-12(16)10-4-6-11(7-5-10)19-20-14(13(17)18)8-2-1-3-9-14/h1-8H,9H2,(H,15,16)(H,17,18). The molecule has 0 aliphatic heterocycles. The molecule has 2 rings (SSSR count). The van der Waals surface area contributed by atoms with Gasteiger partial charge in [0.25, 0.3) is 0 Å². The van der Waals surface area contributed by atoms with Crippen molar-refractivity contribution >= 4 is 33.5 Å². The number of carbonyl (C=O) groups is 2. The van der Waals surface area contributed by atoms with Gasteiger partial charge >= 0.3 is 11.9 Å². The molecule has 0 amide bonds. The SMILES string of the molecule is O=C(O)c1ccc(SSC2(C(=O)O)C=CC=CC2)cc1. The minimum Gasteiger partial charge on any atom is -0.480 e. The van der Waals surface area contributed by atoms with Crippen LogP contribution < -0.4 is 0 Å². The molecule has 1 aromatic rings. The predicted molar refractivity (Wildman–Crippen MR) is 80.1 cm³/mol. The third-order valence-corrected chi connectivity index (χ3v) is 5.83. The smallest absolute Gasteiger partial charge is 0.335 e. The minimum atomic E-state index is -0.975. The van der Waals surface area contributed by atoms with Crippen LogP contribution in [0.15, 0.2) is 53.5 Å². The average molecular weight is 308 g/mol. The highest BCUT2D eigenvalue weighted by Gasteiger charge is 2.37. The first-order chi connectivity index (χ1) is 9.53. The molecule has 0 bridgehead atoms. The maximum Gasteiger partial charge on any atom is 0.335 e. The Hall–Kier alpha value is -1.66. The maximum atomic E-state index is 11.4. The largest absolute Gasteiger partial charge is 0.480 e. The summed E-state index contributed by atoms with van der Waals surface area (Å²) in [5.74, 6) is -1.85. The fourth-order valence-electron chi connectivity index (χ4n) is 1.63. The Morgan fingerprint density at radius 2 is 1.80 bits per heavy atom. The van der Waals surface area contributed by atoms with Crippen LogP contribution in [0.4, 0.5) is 0 Å². The molecule has 0 saturated carbocycles. The summed E-state index contributed by atoms with van der Waals surface area (Å²) in [5, 5.41) is 18.2. The van der Waals surface area contributed by atoms with Crippen LogP contribution in [0.25, 0.3) is 0 Å². The number of hydrogen-bond donors (Lipinski definition) is 2. The molecule has 1 aliphatic carbocycles. The summed E-state index contributed by atoms with van der Waals surface area (Å²) in [7, 11) is 2.58. The van der Waals surface area contributed by atoms with E-state index in [1.165, 1.54) is 33.7 Å². The quantitative estimate of drug-likeness (QED) is 0.811. The van der Waals surface area contributed by atoms with Gasteiger partial charge in [-0.25, -0.2) is 4.79 Å². The molecule has 6 heteroatoms. The van der Waals surface area contributed by atoms with Gasteiger partial charge in [-0.1, -0.05) is 45.9 Å². The van der Waals surface area contributed by atoms with Gasteiger partial charge in [-0.05, 0) is 30.7 Å². The molecule has 0 heterocycles. The van der Waals surface area contributed by atoms with Crippen molar-refractivity contribution in [2.24, 2.45) is 0 Å². The second-order valence-electron chi connectivity index (χ2n) is 4.18. The van der Waals surface area contributed by atoms with Crippen molar-refractivity contribution in [1.82, 2.24) is 0 Å². The highest BCUT2D eigenvalue weighted by atomic mass is 33.1. The molecular weight excluding hydrogens is 296 g/mol. The van der Waals surface area contributed by atoms with Gasteiger partial charge in [-0.15, -0.1) is 0 Å². The Balaban J connectivity index is 2.06. The van der Waals surface area contributed by atoms with Crippen molar-refractivity contribution in [2.75, 3.05) is 0 Å². The predicted octanol–water partition coefficient (Wildman–Crippen LogP) is 3.46. The van der Waals surface area contributed by atoms with Crippen LogP contribution in [-0.2, 0) is 4.79 Å². The van der Waals surface area contributed by atoms with E-state index in [0.29, 0.717) is 6.42 Å².